The number of aliphatic hydroxyl groups is 1. The van der Waals surface area contributed by atoms with E-state index in [2.05, 4.69) is 11.8 Å². The number of unbranched alkanes of at least 4 members (excludes halogenated alkanes) is 3. The van der Waals surface area contributed by atoms with Crippen LogP contribution in [0, 0.1) is 0 Å². The summed E-state index contributed by atoms with van der Waals surface area (Å²) in [4.78, 5) is 14.7. The third-order valence-electron chi connectivity index (χ3n) is 1.88. The topological polar surface area (TPSA) is 66.8 Å². The second-order valence-electron chi connectivity index (χ2n) is 3.09. The monoisotopic (exact) mass is 190 g/mol. The first-order valence-corrected chi connectivity index (χ1v) is 4.69. The summed E-state index contributed by atoms with van der Waals surface area (Å²) in [6, 6.07) is 0. The van der Waals surface area contributed by atoms with Gasteiger partial charge in [0.05, 0.1) is 0 Å². The number of Topliss-reactive ketones (excluding diaryl/α,β-unsaturated/α-hetero) is 1. The van der Waals surface area contributed by atoms with E-state index in [-0.39, 0.29) is 12.4 Å². The molecule has 0 rings (SSSR count). The highest BCUT2D eigenvalue weighted by atomic mass is 17.1. The lowest BCUT2D eigenvalue weighted by Gasteiger charge is -2.06. The third-order valence-corrected chi connectivity index (χ3v) is 1.88. The molecule has 0 aromatic carbocycles. The molecule has 78 valence electrons. The Kier molecular flexibility index (Phi) is 7.88. The molecule has 0 saturated heterocycles. The van der Waals surface area contributed by atoms with Gasteiger partial charge < -0.3 is 5.11 Å². The van der Waals surface area contributed by atoms with Crippen LogP contribution in [-0.2, 0) is 9.68 Å². The van der Waals surface area contributed by atoms with Crippen LogP contribution >= 0.6 is 0 Å². The fourth-order valence-corrected chi connectivity index (χ4v) is 1.06. The van der Waals surface area contributed by atoms with Crippen LogP contribution in [-0.4, -0.2) is 28.9 Å². The highest BCUT2D eigenvalue weighted by Crippen LogP contribution is 2.04. The Labute approximate surface area is 78.5 Å². The maximum absolute atomic E-state index is 11.1. The number of ketones is 1. The predicted octanol–water partition coefficient (Wildman–Crippen LogP) is 1.38. The van der Waals surface area contributed by atoms with Crippen LogP contribution in [0.15, 0.2) is 0 Å². The van der Waals surface area contributed by atoms with E-state index < -0.39 is 6.10 Å². The van der Waals surface area contributed by atoms with Gasteiger partial charge in [0.25, 0.3) is 0 Å². The molecule has 0 aromatic rings. The molecule has 0 radical (unpaired) electrons. The van der Waals surface area contributed by atoms with Gasteiger partial charge in [0.2, 0.25) is 0 Å². The minimum absolute atomic E-state index is 0.259. The lowest BCUT2D eigenvalue weighted by molar-refractivity contribution is -0.254. The molecule has 0 spiro atoms. The largest absolute Gasteiger partial charge is 0.383 e. The Hall–Kier alpha value is -0.450. The van der Waals surface area contributed by atoms with Crippen LogP contribution in [0.2, 0.25) is 0 Å². The van der Waals surface area contributed by atoms with Crippen molar-refractivity contribution in [3.05, 3.63) is 0 Å². The van der Waals surface area contributed by atoms with Crippen molar-refractivity contribution < 1.29 is 20.0 Å². The first-order chi connectivity index (χ1) is 6.22. The standard InChI is InChI=1S/C9H18O4/c1-2-3-4-5-6-8(10)9(11)7-13-12/h9,11-12H,2-7H2,1H3. The van der Waals surface area contributed by atoms with Gasteiger partial charge in [-0.1, -0.05) is 26.2 Å². The normalized spacial score (nSPS) is 12.8. The minimum atomic E-state index is -1.17. The van der Waals surface area contributed by atoms with Crippen LogP contribution in [0.25, 0.3) is 0 Å². The first kappa shape index (κ1) is 12.6. The fourth-order valence-electron chi connectivity index (χ4n) is 1.06. The zero-order valence-corrected chi connectivity index (χ0v) is 8.03. The molecule has 1 unspecified atom stereocenters. The van der Waals surface area contributed by atoms with E-state index in [9.17, 15) is 4.79 Å². The van der Waals surface area contributed by atoms with Gasteiger partial charge in [-0.25, -0.2) is 4.89 Å². The molecule has 4 heteroatoms. The Morgan fingerprint density at radius 3 is 2.62 bits per heavy atom. The van der Waals surface area contributed by atoms with Gasteiger partial charge >= 0.3 is 0 Å². The highest BCUT2D eigenvalue weighted by Gasteiger charge is 2.14. The van der Waals surface area contributed by atoms with Gasteiger partial charge in [-0.3, -0.25) is 10.1 Å². The number of hydrogen-bond acceptors (Lipinski definition) is 4. The number of carbonyl (C=O) groups is 1. The number of rotatable bonds is 8. The van der Waals surface area contributed by atoms with Gasteiger partial charge in [0.1, 0.15) is 12.7 Å². The van der Waals surface area contributed by atoms with Gasteiger partial charge in [0.15, 0.2) is 5.78 Å². The van der Waals surface area contributed by atoms with Crippen LogP contribution in [0.3, 0.4) is 0 Å². The summed E-state index contributed by atoms with van der Waals surface area (Å²) in [6.07, 6.45) is 3.23. The van der Waals surface area contributed by atoms with E-state index in [0.717, 1.165) is 25.7 Å². The summed E-state index contributed by atoms with van der Waals surface area (Å²) in [6.45, 7) is 1.77. The Morgan fingerprint density at radius 2 is 2.08 bits per heavy atom. The van der Waals surface area contributed by atoms with Gasteiger partial charge in [-0.15, -0.1) is 0 Å². The number of hydrogen-bond donors (Lipinski definition) is 2. The minimum Gasteiger partial charge on any atom is -0.383 e. The van der Waals surface area contributed by atoms with E-state index in [0.29, 0.717) is 6.42 Å². The van der Waals surface area contributed by atoms with Crippen LogP contribution < -0.4 is 0 Å². The van der Waals surface area contributed by atoms with Gasteiger partial charge in [0, 0.05) is 6.42 Å². The fraction of sp³-hybridized carbons (Fsp3) is 0.889. The Balaban J connectivity index is 3.38. The summed E-state index contributed by atoms with van der Waals surface area (Å²) < 4.78 is 0. The smallest absolute Gasteiger partial charge is 0.163 e. The molecule has 0 aliphatic heterocycles. The van der Waals surface area contributed by atoms with Crippen molar-refractivity contribution in [2.45, 2.75) is 45.1 Å². The second-order valence-corrected chi connectivity index (χ2v) is 3.09. The molecular formula is C9H18O4. The quantitative estimate of drug-likeness (QED) is 0.344. The average Bonchev–Trinajstić information content (AvgIpc) is 2.12. The predicted molar refractivity (Wildman–Crippen MR) is 48.4 cm³/mol. The van der Waals surface area contributed by atoms with Gasteiger partial charge in [-0.2, -0.15) is 0 Å². The van der Waals surface area contributed by atoms with E-state index in [1.807, 2.05) is 0 Å². The Bertz CT molecular complexity index is 136. The SMILES string of the molecule is CCCCCCC(=O)C(O)COO. The van der Waals surface area contributed by atoms with Crippen molar-refractivity contribution in [2.24, 2.45) is 0 Å². The van der Waals surface area contributed by atoms with E-state index in [1.54, 1.807) is 0 Å². The summed E-state index contributed by atoms with van der Waals surface area (Å²) in [5.41, 5.74) is 0. The zero-order chi connectivity index (χ0) is 10.1. The third kappa shape index (κ3) is 6.69. The molecule has 1 atom stereocenters. The molecule has 13 heavy (non-hydrogen) atoms. The van der Waals surface area contributed by atoms with Crippen LogP contribution in [0.4, 0.5) is 0 Å². The maximum atomic E-state index is 11.1. The lowest BCUT2D eigenvalue weighted by atomic mass is 10.1. The molecule has 0 amide bonds. The molecule has 0 aromatic heterocycles. The van der Waals surface area contributed by atoms with Crippen molar-refractivity contribution in [2.75, 3.05) is 6.61 Å². The number of carbonyl (C=O) groups excluding carboxylic acids is 1. The van der Waals surface area contributed by atoms with Crippen molar-refractivity contribution in [3.63, 3.8) is 0 Å². The summed E-state index contributed by atoms with van der Waals surface area (Å²) >= 11 is 0. The van der Waals surface area contributed by atoms with Crippen molar-refractivity contribution in [1.29, 1.82) is 0 Å². The first-order valence-electron chi connectivity index (χ1n) is 4.69. The van der Waals surface area contributed by atoms with Gasteiger partial charge in [-0.05, 0) is 6.42 Å². The van der Waals surface area contributed by atoms with E-state index >= 15 is 0 Å². The molecule has 0 bridgehead atoms. The molecular weight excluding hydrogens is 172 g/mol. The summed E-state index contributed by atoms with van der Waals surface area (Å²) in [7, 11) is 0. The lowest BCUT2D eigenvalue weighted by Crippen LogP contribution is -2.25. The number of aliphatic hydroxyl groups excluding tert-OH is 1. The Morgan fingerprint density at radius 1 is 1.38 bits per heavy atom. The average molecular weight is 190 g/mol. The zero-order valence-electron chi connectivity index (χ0n) is 8.03. The van der Waals surface area contributed by atoms with Crippen molar-refractivity contribution in [1.82, 2.24) is 0 Å². The summed E-state index contributed by atoms with van der Waals surface area (Å²) in [5, 5.41) is 17.0. The maximum Gasteiger partial charge on any atom is 0.163 e. The molecule has 0 aliphatic rings. The van der Waals surface area contributed by atoms with Crippen molar-refractivity contribution in [3.8, 4) is 0 Å². The van der Waals surface area contributed by atoms with E-state index in [1.165, 1.54) is 0 Å². The highest BCUT2D eigenvalue weighted by molar-refractivity contribution is 5.82. The second kappa shape index (κ2) is 8.16. The summed E-state index contributed by atoms with van der Waals surface area (Å²) in [5.74, 6) is -0.259. The molecule has 0 heterocycles. The molecule has 0 saturated carbocycles. The van der Waals surface area contributed by atoms with Crippen molar-refractivity contribution >= 4 is 5.78 Å². The molecule has 0 fully saturated rings. The van der Waals surface area contributed by atoms with Crippen LogP contribution in [0.1, 0.15) is 39.0 Å². The molecule has 0 aliphatic carbocycles. The molecule has 4 nitrogen and oxygen atoms in total. The van der Waals surface area contributed by atoms with E-state index in [4.69, 9.17) is 10.4 Å². The molecule has 2 N–H and O–H groups in total. The van der Waals surface area contributed by atoms with Crippen LogP contribution in [0.5, 0.6) is 0 Å².